The lowest BCUT2D eigenvalue weighted by molar-refractivity contribution is -0.458. The van der Waals surface area contributed by atoms with Gasteiger partial charge in [-0.05, 0) is 30.2 Å². The van der Waals surface area contributed by atoms with E-state index in [1.165, 1.54) is 30.8 Å². The molecule has 0 atom stereocenters. The van der Waals surface area contributed by atoms with E-state index in [2.05, 4.69) is 0 Å². The second-order valence-corrected chi connectivity index (χ2v) is 12.5. The number of hydrogen-bond acceptors (Lipinski definition) is 4. The highest BCUT2D eigenvalue weighted by molar-refractivity contribution is 7.97. The third-order valence-corrected chi connectivity index (χ3v) is 8.67. The van der Waals surface area contributed by atoms with Gasteiger partial charge in [-0.3, -0.25) is 4.79 Å². The highest BCUT2D eigenvalue weighted by atomic mass is 32.2. The Bertz CT molecular complexity index is 1020. The maximum atomic E-state index is 13.0. The standard InChI is InChI=1S/C10H19OS.C8HF17O3S/c1-9(2)10(11)8-12-6-4-3-5-7-12;9-1(10,3(13,14)5(17,18)7(21,22)23)2(11,12)4(15,16)6(19,20)8(24,25)29(26,27)28/h9H,3-8H2,1-2H3;(H,26,27,28)/q+1;/p-1. The molecule has 23 heteroatoms. The summed E-state index contributed by atoms with van der Waals surface area (Å²) in [6, 6.07) is 0. The van der Waals surface area contributed by atoms with Crippen molar-refractivity contribution >= 4 is 26.8 Å². The van der Waals surface area contributed by atoms with Crippen LogP contribution in [0.2, 0.25) is 0 Å². The Labute approximate surface area is 223 Å². The molecule has 1 saturated heterocycles. The molecular weight excluding hydrogens is 667 g/mol. The van der Waals surface area contributed by atoms with Gasteiger partial charge in [0.1, 0.15) is 11.5 Å². The molecule has 1 rings (SSSR count). The van der Waals surface area contributed by atoms with Crippen molar-refractivity contribution in [3.05, 3.63) is 0 Å². The number of carbonyl (C=O) groups excluding carboxylic acids is 1. The van der Waals surface area contributed by atoms with Gasteiger partial charge in [0.15, 0.2) is 21.7 Å². The van der Waals surface area contributed by atoms with E-state index in [-0.39, 0.29) is 5.92 Å². The van der Waals surface area contributed by atoms with Crippen molar-refractivity contribution < 1.29 is 92.4 Å². The van der Waals surface area contributed by atoms with E-state index in [0.29, 0.717) is 16.7 Å². The summed E-state index contributed by atoms with van der Waals surface area (Å²) in [6.07, 6.45) is -3.79. The van der Waals surface area contributed by atoms with Crippen molar-refractivity contribution in [3.63, 3.8) is 0 Å². The molecule has 0 aromatic carbocycles. The molecule has 0 spiro atoms. The molecule has 0 aromatic heterocycles. The first-order valence-electron chi connectivity index (χ1n) is 10.5. The van der Waals surface area contributed by atoms with Crippen molar-refractivity contribution in [2.75, 3.05) is 17.3 Å². The summed E-state index contributed by atoms with van der Waals surface area (Å²) in [7, 11) is -7.69. The Morgan fingerprint density at radius 2 is 0.951 bits per heavy atom. The fraction of sp³-hybridized carbons (Fsp3) is 0.944. The lowest BCUT2D eigenvalue weighted by Crippen LogP contribution is -2.75. The van der Waals surface area contributed by atoms with Crippen molar-refractivity contribution in [1.82, 2.24) is 0 Å². The van der Waals surface area contributed by atoms with Crippen molar-refractivity contribution in [2.24, 2.45) is 5.92 Å². The first kappa shape index (κ1) is 39.7. The minimum Gasteiger partial charge on any atom is -0.743 e. The molecular formula is C18H19F17O4S2. The van der Waals surface area contributed by atoms with Gasteiger partial charge in [-0.25, -0.2) is 8.42 Å². The van der Waals surface area contributed by atoms with E-state index in [1.54, 1.807) is 0 Å². The number of ketones is 1. The van der Waals surface area contributed by atoms with Crippen LogP contribution in [0.1, 0.15) is 33.1 Å². The predicted octanol–water partition coefficient (Wildman–Crippen LogP) is 6.51. The smallest absolute Gasteiger partial charge is 0.460 e. The van der Waals surface area contributed by atoms with Gasteiger partial charge in [0.05, 0.1) is 0 Å². The second kappa shape index (κ2) is 12.0. The normalized spacial score (nSPS) is 17.8. The monoisotopic (exact) mass is 686 g/mol. The van der Waals surface area contributed by atoms with Crippen LogP contribution in [0.3, 0.4) is 0 Å². The SMILES string of the molecule is CC(C)C(=O)C[S+]1CCCCC1.O=S(=O)([O-])C(F)(F)C(F)(F)C(F)(F)C(F)(F)C(F)(F)C(F)(F)C(F)(F)C(F)(F)F. The first-order chi connectivity index (χ1) is 17.7. The van der Waals surface area contributed by atoms with Crippen LogP contribution in [0.25, 0.3) is 0 Å². The van der Waals surface area contributed by atoms with Gasteiger partial charge >= 0.3 is 47.0 Å². The van der Waals surface area contributed by atoms with Crippen LogP contribution < -0.4 is 0 Å². The fourth-order valence-electron chi connectivity index (χ4n) is 2.71. The van der Waals surface area contributed by atoms with E-state index < -0.39 is 57.1 Å². The van der Waals surface area contributed by atoms with Crippen LogP contribution in [0, 0.1) is 5.92 Å². The summed E-state index contributed by atoms with van der Waals surface area (Å²) < 4.78 is 244. The van der Waals surface area contributed by atoms with Gasteiger partial charge in [0, 0.05) is 5.92 Å². The van der Waals surface area contributed by atoms with Gasteiger partial charge in [-0.2, -0.15) is 74.6 Å². The molecule has 0 radical (unpaired) electrons. The van der Waals surface area contributed by atoms with Gasteiger partial charge in [0.2, 0.25) is 0 Å². The van der Waals surface area contributed by atoms with Crippen LogP contribution in [0.4, 0.5) is 74.6 Å². The number of carbonyl (C=O) groups is 1. The topological polar surface area (TPSA) is 74.3 Å². The highest BCUT2D eigenvalue weighted by Crippen LogP contribution is 2.64. The molecule has 0 saturated carbocycles. The number of rotatable bonds is 10. The van der Waals surface area contributed by atoms with E-state index in [9.17, 15) is 92.4 Å². The second-order valence-electron chi connectivity index (χ2n) is 8.76. The summed E-state index contributed by atoms with van der Waals surface area (Å²) in [6.45, 7) is 4.02. The number of Topliss-reactive ketones (excluding diaryl/α,β-unsaturated/α-hetero) is 1. The maximum Gasteiger partial charge on any atom is 0.460 e. The number of alkyl halides is 17. The number of halogens is 17. The molecule has 0 amide bonds. The van der Waals surface area contributed by atoms with Gasteiger partial charge in [-0.15, -0.1) is 0 Å². The lowest BCUT2D eigenvalue weighted by Gasteiger charge is -2.42. The van der Waals surface area contributed by atoms with E-state index in [4.69, 9.17) is 0 Å². The average molecular weight is 686 g/mol. The van der Waals surface area contributed by atoms with Crippen LogP contribution in [-0.4, -0.2) is 83.0 Å². The zero-order valence-electron chi connectivity index (χ0n) is 20.2. The van der Waals surface area contributed by atoms with Crippen molar-refractivity contribution in [2.45, 2.75) is 80.1 Å². The first-order valence-corrected chi connectivity index (χ1v) is 13.7. The third-order valence-electron chi connectivity index (χ3n) is 5.36. The molecule has 0 bridgehead atoms. The molecule has 1 heterocycles. The van der Waals surface area contributed by atoms with Crippen LogP contribution >= 0.6 is 0 Å². The largest absolute Gasteiger partial charge is 0.743 e. The predicted molar refractivity (Wildman–Crippen MR) is 106 cm³/mol. The quantitative estimate of drug-likeness (QED) is 0.149. The van der Waals surface area contributed by atoms with E-state index in [1.807, 2.05) is 13.8 Å². The van der Waals surface area contributed by atoms with E-state index >= 15 is 0 Å². The molecule has 1 aliphatic rings. The zero-order chi connectivity index (χ0) is 33.5. The summed E-state index contributed by atoms with van der Waals surface area (Å²) in [4.78, 5) is 11.4. The molecule has 0 aromatic rings. The molecule has 0 aliphatic carbocycles. The van der Waals surface area contributed by atoms with Crippen LogP contribution in [0.5, 0.6) is 0 Å². The Kier molecular flexibility index (Phi) is 11.7. The minimum atomic E-state index is -8.92. The third kappa shape index (κ3) is 6.95. The summed E-state index contributed by atoms with van der Waals surface area (Å²) >= 11 is 0. The van der Waals surface area contributed by atoms with Gasteiger partial charge in [0.25, 0.3) is 0 Å². The highest BCUT2D eigenvalue weighted by Gasteiger charge is 2.95. The molecule has 1 aliphatic heterocycles. The molecule has 246 valence electrons. The van der Waals surface area contributed by atoms with Gasteiger partial charge in [-0.1, -0.05) is 13.8 Å². The number of hydrogen-bond donors (Lipinski definition) is 0. The van der Waals surface area contributed by atoms with Crippen molar-refractivity contribution in [1.29, 1.82) is 0 Å². The fourth-order valence-corrected chi connectivity index (χ4v) is 5.61. The summed E-state index contributed by atoms with van der Waals surface area (Å²) in [5.74, 6) is -47.9. The Balaban J connectivity index is 0.00000110. The molecule has 0 unspecified atom stereocenters. The average Bonchev–Trinajstić information content (AvgIpc) is 2.77. The summed E-state index contributed by atoms with van der Waals surface area (Å²) in [5, 5.41) is -7.95. The Morgan fingerprint density at radius 3 is 1.24 bits per heavy atom. The lowest BCUT2D eigenvalue weighted by atomic mass is 9.91. The molecule has 41 heavy (non-hydrogen) atoms. The van der Waals surface area contributed by atoms with E-state index in [0.717, 1.165) is 5.75 Å². The minimum absolute atomic E-state index is 0.249. The summed E-state index contributed by atoms with van der Waals surface area (Å²) in [5.41, 5.74) is 0. The van der Waals surface area contributed by atoms with Crippen LogP contribution in [-0.2, 0) is 25.8 Å². The molecule has 0 N–H and O–H groups in total. The zero-order valence-corrected chi connectivity index (χ0v) is 21.8. The van der Waals surface area contributed by atoms with Gasteiger partial charge < -0.3 is 4.55 Å². The maximum absolute atomic E-state index is 13.0. The van der Waals surface area contributed by atoms with Crippen LogP contribution in [0.15, 0.2) is 0 Å². The molecule has 1 fully saturated rings. The van der Waals surface area contributed by atoms with Crippen molar-refractivity contribution in [3.8, 4) is 0 Å². The molecule has 4 nitrogen and oxygen atoms in total. The Hall–Kier alpha value is -1.26. The Morgan fingerprint density at radius 1 is 0.634 bits per heavy atom.